The zero-order chi connectivity index (χ0) is 18.8. The number of nitrogens with one attached hydrogen (secondary N) is 2. The summed E-state index contributed by atoms with van der Waals surface area (Å²) in [5, 5.41) is 9.90. The lowest BCUT2D eigenvalue weighted by Crippen LogP contribution is -2.32. The van der Waals surface area contributed by atoms with E-state index < -0.39 is 0 Å². The zero-order valence-corrected chi connectivity index (χ0v) is 15.3. The number of hydrogen-bond donors (Lipinski definition) is 2. The first-order valence-electron chi connectivity index (χ1n) is 9.09. The third-order valence-corrected chi connectivity index (χ3v) is 4.80. The number of benzene rings is 1. The summed E-state index contributed by atoms with van der Waals surface area (Å²) < 4.78 is 5.20. The lowest BCUT2D eigenvalue weighted by atomic mass is 10.0. The zero-order valence-electron chi connectivity index (χ0n) is 15.3. The monoisotopic (exact) mass is 363 g/mol. The second-order valence-electron chi connectivity index (χ2n) is 6.64. The number of aromatic nitrogens is 3. The minimum Gasteiger partial charge on any atom is -0.339 e. The number of hydrogen-bond acceptors (Lipinski definition) is 5. The van der Waals surface area contributed by atoms with E-state index in [1.807, 2.05) is 38.1 Å². The van der Waals surface area contributed by atoms with Crippen LogP contribution in [0, 0.1) is 6.92 Å². The van der Waals surface area contributed by atoms with Crippen LogP contribution in [-0.4, -0.2) is 21.2 Å². The summed E-state index contributed by atoms with van der Waals surface area (Å²) in [6.07, 6.45) is 4.14. The van der Waals surface area contributed by atoms with Gasteiger partial charge in [-0.1, -0.05) is 30.3 Å². The molecule has 0 aliphatic heterocycles. The van der Waals surface area contributed by atoms with Gasteiger partial charge in [-0.25, -0.2) is 9.78 Å². The summed E-state index contributed by atoms with van der Waals surface area (Å²) in [5.74, 6) is 1.81. The van der Waals surface area contributed by atoms with Crippen LogP contribution in [0.25, 0.3) is 11.4 Å². The molecule has 0 saturated carbocycles. The Hall–Kier alpha value is -3.22. The number of aryl methyl sites for hydroxylation is 3. The van der Waals surface area contributed by atoms with Gasteiger partial charge in [-0.3, -0.25) is 5.32 Å². The van der Waals surface area contributed by atoms with Gasteiger partial charge >= 0.3 is 6.03 Å². The van der Waals surface area contributed by atoms with Crippen molar-refractivity contribution in [2.24, 2.45) is 0 Å². The predicted molar refractivity (Wildman–Crippen MR) is 101 cm³/mol. The summed E-state index contributed by atoms with van der Waals surface area (Å²) in [5.41, 5.74) is 4.20. The van der Waals surface area contributed by atoms with Crippen molar-refractivity contribution in [3.63, 3.8) is 0 Å². The van der Waals surface area contributed by atoms with Crippen molar-refractivity contribution in [2.75, 3.05) is 5.32 Å². The van der Waals surface area contributed by atoms with E-state index in [-0.39, 0.29) is 12.1 Å². The van der Waals surface area contributed by atoms with Crippen molar-refractivity contribution in [1.82, 2.24) is 20.4 Å². The fourth-order valence-electron chi connectivity index (χ4n) is 3.34. The summed E-state index contributed by atoms with van der Waals surface area (Å²) >= 11 is 0. The molecule has 3 aromatic rings. The molecule has 2 N–H and O–H groups in total. The molecule has 0 saturated heterocycles. The number of pyridine rings is 1. The molecule has 1 aliphatic rings. The van der Waals surface area contributed by atoms with Gasteiger partial charge in [0.25, 0.3) is 0 Å². The molecule has 2 aromatic heterocycles. The number of carbonyl (C=O) groups excluding carboxylic acids is 1. The Balaban J connectivity index is 1.47. The topological polar surface area (TPSA) is 92.9 Å². The molecular formula is C20H21N5O2. The molecule has 2 amide bonds. The highest BCUT2D eigenvalue weighted by Crippen LogP contribution is 2.33. The molecule has 4 rings (SSSR count). The van der Waals surface area contributed by atoms with Gasteiger partial charge in [0.1, 0.15) is 5.82 Å². The van der Waals surface area contributed by atoms with E-state index in [1.54, 1.807) is 6.20 Å². The molecule has 7 nitrogen and oxygen atoms in total. The fourth-order valence-corrected chi connectivity index (χ4v) is 3.34. The number of anilines is 1. The van der Waals surface area contributed by atoms with Gasteiger partial charge < -0.3 is 9.84 Å². The van der Waals surface area contributed by atoms with Crippen molar-refractivity contribution in [3.8, 4) is 11.4 Å². The van der Waals surface area contributed by atoms with Crippen molar-refractivity contribution >= 4 is 11.8 Å². The molecule has 1 aliphatic carbocycles. The maximum absolute atomic E-state index is 12.4. The van der Waals surface area contributed by atoms with Crippen molar-refractivity contribution < 1.29 is 9.32 Å². The van der Waals surface area contributed by atoms with Gasteiger partial charge in [0.15, 0.2) is 0 Å². The molecule has 0 fully saturated rings. The van der Waals surface area contributed by atoms with Crippen LogP contribution in [0.15, 0.2) is 41.1 Å². The molecule has 1 atom stereocenters. The van der Waals surface area contributed by atoms with Crippen LogP contribution < -0.4 is 10.6 Å². The van der Waals surface area contributed by atoms with Crippen molar-refractivity contribution in [1.29, 1.82) is 0 Å². The van der Waals surface area contributed by atoms with Gasteiger partial charge in [-0.2, -0.15) is 4.98 Å². The smallest absolute Gasteiger partial charge is 0.320 e. The molecule has 138 valence electrons. The number of amides is 2. The van der Waals surface area contributed by atoms with E-state index in [9.17, 15) is 4.79 Å². The standard InChI is InChI=1S/C20H21N5O2/c1-3-17-23-19(25-27-17)14-6-8-15-13(11-14)7-9-16(15)22-20(26)24-18-12(2)5-4-10-21-18/h4-6,8,10-11,16H,3,7,9H2,1-2H3,(H2,21,22,24,26)/t16-/m1/s1. The van der Waals surface area contributed by atoms with E-state index >= 15 is 0 Å². The lowest BCUT2D eigenvalue weighted by molar-refractivity contribution is 0.248. The van der Waals surface area contributed by atoms with Gasteiger partial charge in [-0.05, 0) is 48.6 Å². The van der Waals surface area contributed by atoms with Crippen LogP contribution in [0.3, 0.4) is 0 Å². The van der Waals surface area contributed by atoms with Gasteiger partial charge in [0, 0.05) is 18.2 Å². The first kappa shape index (κ1) is 17.2. The molecule has 27 heavy (non-hydrogen) atoms. The van der Waals surface area contributed by atoms with Gasteiger partial charge in [0.05, 0.1) is 6.04 Å². The SMILES string of the molecule is CCc1nc(-c2ccc3c(c2)CC[C@H]3NC(=O)Nc2ncccc2C)no1. The van der Waals surface area contributed by atoms with Crippen LogP contribution in [0.5, 0.6) is 0 Å². The quantitative estimate of drug-likeness (QED) is 0.735. The van der Waals surface area contributed by atoms with E-state index in [0.717, 1.165) is 36.0 Å². The normalized spacial score (nSPS) is 15.4. The second-order valence-corrected chi connectivity index (χ2v) is 6.64. The molecule has 0 unspecified atom stereocenters. The third-order valence-electron chi connectivity index (χ3n) is 4.80. The largest absolute Gasteiger partial charge is 0.339 e. The fraction of sp³-hybridized carbons (Fsp3) is 0.300. The number of urea groups is 1. The highest BCUT2D eigenvalue weighted by molar-refractivity contribution is 5.89. The minimum atomic E-state index is -0.246. The summed E-state index contributed by atoms with van der Waals surface area (Å²) in [7, 11) is 0. The molecule has 1 aromatic carbocycles. The predicted octanol–water partition coefficient (Wildman–Crippen LogP) is 3.81. The molecule has 0 spiro atoms. The Morgan fingerprint density at radius 2 is 2.22 bits per heavy atom. The molecular weight excluding hydrogens is 342 g/mol. The van der Waals surface area contributed by atoms with E-state index in [4.69, 9.17) is 4.52 Å². The van der Waals surface area contributed by atoms with Crippen molar-refractivity contribution in [3.05, 3.63) is 59.1 Å². The van der Waals surface area contributed by atoms with Crippen molar-refractivity contribution in [2.45, 2.75) is 39.2 Å². The van der Waals surface area contributed by atoms with Crippen LogP contribution in [0.2, 0.25) is 0 Å². The van der Waals surface area contributed by atoms with Crippen LogP contribution >= 0.6 is 0 Å². The second kappa shape index (κ2) is 7.19. The Kier molecular flexibility index (Phi) is 4.58. The van der Waals surface area contributed by atoms with Crippen LogP contribution in [-0.2, 0) is 12.8 Å². The van der Waals surface area contributed by atoms with Crippen LogP contribution in [0.1, 0.15) is 42.0 Å². The van der Waals surface area contributed by atoms with Crippen LogP contribution in [0.4, 0.5) is 10.6 Å². The maximum Gasteiger partial charge on any atom is 0.320 e. The average molecular weight is 363 g/mol. The average Bonchev–Trinajstić information content (AvgIpc) is 3.30. The van der Waals surface area contributed by atoms with E-state index in [1.165, 1.54) is 5.56 Å². The highest BCUT2D eigenvalue weighted by Gasteiger charge is 2.25. The maximum atomic E-state index is 12.4. The summed E-state index contributed by atoms with van der Waals surface area (Å²) in [6.45, 7) is 3.89. The highest BCUT2D eigenvalue weighted by atomic mass is 16.5. The third kappa shape index (κ3) is 3.53. The number of carbonyl (C=O) groups is 1. The summed E-state index contributed by atoms with van der Waals surface area (Å²) in [4.78, 5) is 20.9. The Morgan fingerprint density at radius 1 is 1.33 bits per heavy atom. The number of fused-ring (bicyclic) bond motifs is 1. The Labute approximate surface area is 157 Å². The molecule has 0 bridgehead atoms. The minimum absolute atomic E-state index is 0.0189. The first-order valence-corrected chi connectivity index (χ1v) is 9.09. The van der Waals surface area contributed by atoms with E-state index in [0.29, 0.717) is 17.5 Å². The van der Waals surface area contributed by atoms with Gasteiger partial charge in [-0.15, -0.1) is 0 Å². The Bertz CT molecular complexity index is 982. The van der Waals surface area contributed by atoms with Gasteiger partial charge in [0.2, 0.25) is 11.7 Å². The molecule has 2 heterocycles. The molecule has 7 heteroatoms. The first-order chi connectivity index (χ1) is 13.1. The number of rotatable bonds is 4. The van der Waals surface area contributed by atoms with E-state index in [2.05, 4.69) is 31.8 Å². The number of nitrogens with zero attached hydrogens (tertiary/aromatic N) is 3. The molecule has 0 radical (unpaired) electrons. The summed E-state index contributed by atoms with van der Waals surface area (Å²) in [6, 6.07) is 9.59. The lowest BCUT2D eigenvalue weighted by Gasteiger charge is -2.15. The Morgan fingerprint density at radius 3 is 3.00 bits per heavy atom.